The Labute approximate surface area is 158 Å². The molecule has 0 spiro atoms. The number of carbonyl (C=O) groups excluding carboxylic acids is 2. The summed E-state index contributed by atoms with van der Waals surface area (Å²) in [6.45, 7) is 3.98. The molecule has 0 heterocycles. The van der Waals surface area contributed by atoms with E-state index in [1.807, 2.05) is 13.8 Å². The molecule has 0 aliphatic heterocycles. The first kappa shape index (κ1) is 19.9. The Morgan fingerprint density at radius 2 is 1.81 bits per heavy atom. The van der Waals surface area contributed by atoms with E-state index in [1.54, 1.807) is 43.4 Å². The number of hydrogen-bond acceptors (Lipinski definition) is 2. The maximum atomic E-state index is 13.3. The van der Waals surface area contributed by atoms with E-state index in [4.69, 9.17) is 11.6 Å². The van der Waals surface area contributed by atoms with Gasteiger partial charge in [0.2, 0.25) is 5.91 Å². The van der Waals surface area contributed by atoms with Gasteiger partial charge in [-0.05, 0) is 47.9 Å². The Morgan fingerprint density at radius 1 is 1.15 bits per heavy atom. The molecule has 2 aromatic rings. The number of likely N-dealkylation sites (N-methyl/N-ethyl adjacent to an activating group) is 1. The fourth-order valence-electron chi connectivity index (χ4n) is 2.56. The highest BCUT2D eigenvalue weighted by atomic mass is 35.5. The molecule has 138 valence electrons. The van der Waals surface area contributed by atoms with E-state index in [0.29, 0.717) is 16.1 Å². The van der Waals surface area contributed by atoms with Crippen LogP contribution in [0.4, 0.5) is 4.39 Å². The topological polar surface area (TPSA) is 49.4 Å². The molecule has 0 saturated heterocycles. The second kappa shape index (κ2) is 8.81. The van der Waals surface area contributed by atoms with Gasteiger partial charge in [-0.15, -0.1) is 0 Å². The van der Waals surface area contributed by atoms with Gasteiger partial charge in [0.05, 0.1) is 0 Å². The number of halogens is 2. The van der Waals surface area contributed by atoms with Crippen molar-refractivity contribution in [3.63, 3.8) is 0 Å². The van der Waals surface area contributed by atoms with E-state index in [2.05, 4.69) is 5.32 Å². The van der Waals surface area contributed by atoms with Crippen molar-refractivity contribution in [3.05, 3.63) is 70.5 Å². The van der Waals surface area contributed by atoms with Crippen LogP contribution in [0, 0.1) is 11.7 Å². The summed E-state index contributed by atoms with van der Waals surface area (Å²) in [7, 11) is 1.64. The van der Waals surface area contributed by atoms with Crippen molar-refractivity contribution >= 4 is 23.4 Å². The largest absolute Gasteiger partial charge is 0.340 e. The van der Waals surface area contributed by atoms with Crippen LogP contribution in [0.15, 0.2) is 48.5 Å². The van der Waals surface area contributed by atoms with Crippen LogP contribution in [-0.2, 0) is 11.3 Å². The zero-order chi connectivity index (χ0) is 19.3. The molecule has 2 rings (SSSR count). The number of hydrogen-bond donors (Lipinski definition) is 1. The third kappa shape index (κ3) is 5.30. The first-order chi connectivity index (χ1) is 12.3. The summed E-state index contributed by atoms with van der Waals surface area (Å²) in [5, 5.41) is 3.32. The monoisotopic (exact) mass is 376 g/mol. The van der Waals surface area contributed by atoms with Crippen molar-refractivity contribution in [3.8, 4) is 0 Å². The summed E-state index contributed by atoms with van der Waals surface area (Å²) in [6, 6.07) is 11.9. The molecule has 0 aliphatic rings. The summed E-state index contributed by atoms with van der Waals surface area (Å²) in [4.78, 5) is 26.7. The quantitative estimate of drug-likeness (QED) is 0.831. The Balaban J connectivity index is 2.08. The van der Waals surface area contributed by atoms with Gasteiger partial charge in [0.1, 0.15) is 11.9 Å². The Hall–Kier alpha value is -2.40. The Morgan fingerprint density at radius 3 is 2.38 bits per heavy atom. The number of benzene rings is 2. The molecule has 0 fully saturated rings. The third-order valence-corrected chi connectivity index (χ3v) is 4.26. The molecule has 1 N–H and O–H groups in total. The van der Waals surface area contributed by atoms with Crippen LogP contribution in [-0.4, -0.2) is 29.8 Å². The lowest BCUT2D eigenvalue weighted by atomic mass is 10.0. The zero-order valence-electron chi connectivity index (χ0n) is 15.0. The second-order valence-corrected chi connectivity index (χ2v) is 6.96. The van der Waals surface area contributed by atoms with Crippen LogP contribution in [0.2, 0.25) is 5.02 Å². The SMILES string of the molecule is CC(C)[C@H](NC(=O)c1ccc(Cl)cc1)C(=O)N(C)Cc1cccc(F)c1. The molecule has 0 bridgehead atoms. The lowest BCUT2D eigenvalue weighted by molar-refractivity contribution is -0.133. The highest BCUT2D eigenvalue weighted by molar-refractivity contribution is 6.30. The van der Waals surface area contributed by atoms with Gasteiger partial charge < -0.3 is 10.2 Å². The summed E-state index contributed by atoms with van der Waals surface area (Å²) in [5.74, 6) is -1.02. The third-order valence-electron chi connectivity index (χ3n) is 4.01. The predicted molar refractivity (Wildman–Crippen MR) is 100 cm³/mol. The lowest BCUT2D eigenvalue weighted by Gasteiger charge is -2.27. The molecule has 1 atom stereocenters. The van der Waals surface area contributed by atoms with Crippen molar-refractivity contribution in [1.82, 2.24) is 10.2 Å². The van der Waals surface area contributed by atoms with E-state index in [1.165, 1.54) is 17.0 Å². The fourth-order valence-corrected chi connectivity index (χ4v) is 2.69. The summed E-state index contributed by atoms with van der Waals surface area (Å²) in [6.07, 6.45) is 0. The van der Waals surface area contributed by atoms with Crippen LogP contribution in [0.5, 0.6) is 0 Å². The summed E-state index contributed by atoms with van der Waals surface area (Å²) in [5.41, 5.74) is 1.12. The van der Waals surface area contributed by atoms with Crippen molar-refractivity contribution in [2.75, 3.05) is 7.05 Å². The fraction of sp³-hybridized carbons (Fsp3) is 0.300. The van der Waals surface area contributed by atoms with Crippen LogP contribution in [0.25, 0.3) is 0 Å². The summed E-state index contributed by atoms with van der Waals surface area (Å²) < 4.78 is 13.3. The van der Waals surface area contributed by atoms with Crippen LogP contribution in [0.3, 0.4) is 0 Å². The number of amides is 2. The average molecular weight is 377 g/mol. The average Bonchev–Trinajstić information content (AvgIpc) is 2.59. The van der Waals surface area contributed by atoms with Gasteiger partial charge in [0.25, 0.3) is 5.91 Å². The van der Waals surface area contributed by atoms with Crippen LogP contribution in [0.1, 0.15) is 29.8 Å². The van der Waals surface area contributed by atoms with Gasteiger partial charge in [-0.2, -0.15) is 0 Å². The Bertz CT molecular complexity index is 778. The van der Waals surface area contributed by atoms with Crippen molar-refractivity contribution < 1.29 is 14.0 Å². The zero-order valence-corrected chi connectivity index (χ0v) is 15.8. The number of rotatable bonds is 6. The maximum absolute atomic E-state index is 13.3. The second-order valence-electron chi connectivity index (χ2n) is 6.53. The molecule has 2 aromatic carbocycles. The molecule has 4 nitrogen and oxygen atoms in total. The molecular formula is C20H22ClFN2O2. The van der Waals surface area contributed by atoms with Gasteiger partial charge >= 0.3 is 0 Å². The van der Waals surface area contributed by atoms with Crippen LogP contribution < -0.4 is 5.32 Å². The minimum atomic E-state index is -0.684. The van der Waals surface area contributed by atoms with Gasteiger partial charge in [-0.1, -0.05) is 37.6 Å². The van der Waals surface area contributed by atoms with Gasteiger partial charge in [-0.3, -0.25) is 9.59 Å². The minimum absolute atomic E-state index is 0.103. The minimum Gasteiger partial charge on any atom is -0.340 e. The molecule has 0 radical (unpaired) electrons. The molecule has 0 unspecified atom stereocenters. The number of nitrogens with one attached hydrogen (secondary N) is 1. The van der Waals surface area contributed by atoms with Gasteiger partial charge in [0, 0.05) is 24.2 Å². The molecular weight excluding hydrogens is 355 g/mol. The predicted octanol–water partition coefficient (Wildman–Crippen LogP) is 3.89. The van der Waals surface area contributed by atoms with E-state index < -0.39 is 6.04 Å². The molecule has 0 aromatic heterocycles. The first-order valence-electron chi connectivity index (χ1n) is 8.33. The number of nitrogens with zero attached hydrogens (tertiary/aromatic N) is 1. The van der Waals surface area contributed by atoms with Crippen LogP contribution >= 0.6 is 11.6 Å². The van der Waals surface area contributed by atoms with E-state index in [9.17, 15) is 14.0 Å². The smallest absolute Gasteiger partial charge is 0.251 e. The highest BCUT2D eigenvalue weighted by Gasteiger charge is 2.27. The molecule has 26 heavy (non-hydrogen) atoms. The molecule has 0 saturated carbocycles. The van der Waals surface area contributed by atoms with Gasteiger partial charge in [0.15, 0.2) is 0 Å². The van der Waals surface area contributed by atoms with E-state index in [0.717, 1.165) is 0 Å². The van der Waals surface area contributed by atoms with Gasteiger partial charge in [-0.25, -0.2) is 4.39 Å². The standard InChI is InChI=1S/C20H22ClFN2O2/c1-13(2)18(23-19(25)15-7-9-16(21)10-8-15)20(26)24(3)12-14-5-4-6-17(22)11-14/h4-11,13,18H,12H2,1-3H3,(H,23,25)/t18-/m0/s1. The maximum Gasteiger partial charge on any atom is 0.251 e. The highest BCUT2D eigenvalue weighted by Crippen LogP contribution is 2.13. The molecule has 0 aliphatic carbocycles. The van der Waals surface area contributed by atoms with Crippen molar-refractivity contribution in [2.24, 2.45) is 5.92 Å². The number of carbonyl (C=O) groups is 2. The van der Waals surface area contributed by atoms with E-state index >= 15 is 0 Å². The lowest BCUT2D eigenvalue weighted by Crippen LogP contribution is -2.50. The molecule has 2 amide bonds. The normalized spacial score (nSPS) is 11.9. The molecule has 6 heteroatoms. The van der Waals surface area contributed by atoms with Crippen molar-refractivity contribution in [1.29, 1.82) is 0 Å². The summed E-state index contributed by atoms with van der Waals surface area (Å²) >= 11 is 5.83. The van der Waals surface area contributed by atoms with E-state index in [-0.39, 0.29) is 30.1 Å². The Kier molecular flexibility index (Phi) is 6.75. The van der Waals surface area contributed by atoms with Crippen molar-refractivity contribution in [2.45, 2.75) is 26.4 Å². The first-order valence-corrected chi connectivity index (χ1v) is 8.71.